The molecule has 0 spiro atoms. The smallest absolute Gasteiger partial charge is 0.253 e. The second-order valence-electron chi connectivity index (χ2n) is 3.93. The quantitative estimate of drug-likeness (QED) is 0.878. The highest BCUT2D eigenvalue weighted by Gasteiger charge is 2.11. The Morgan fingerprint density at radius 3 is 2.59 bits per heavy atom. The van der Waals surface area contributed by atoms with Crippen LogP contribution >= 0.6 is 0 Å². The number of carbonyl (C=O) groups is 1. The summed E-state index contributed by atoms with van der Waals surface area (Å²) in [5, 5.41) is 5.09. The summed E-state index contributed by atoms with van der Waals surface area (Å²) in [6.07, 6.45) is -0.443. The lowest BCUT2D eigenvalue weighted by Crippen LogP contribution is -2.26. The van der Waals surface area contributed by atoms with Crippen LogP contribution in [0.4, 0.5) is 5.69 Å². The minimum Gasteiger partial charge on any atom is -0.372 e. The van der Waals surface area contributed by atoms with Crippen molar-refractivity contribution in [1.29, 1.82) is 0 Å². The van der Waals surface area contributed by atoms with Crippen molar-refractivity contribution in [3.05, 3.63) is 42.5 Å². The maximum Gasteiger partial charge on any atom is 0.253 e. The van der Waals surface area contributed by atoms with Crippen molar-refractivity contribution in [2.45, 2.75) is 13.0 Å². The van der Waals surface area contributed by atoms with Gasteiger partial charge in [-0.15, -0.1) is 0 Å². The fourth-order valence-electron chi connectivity index (χ4n) is 1.62. The lowest BCUT2D eigenvalue weighted by atomic mass is 10.1. The van der Waals surface area contributed by atoms with Crippen LogP contribution in [0, 0.1) is 0 Å². The van der Waals surface area contributed by atoms with Gasteiger partial charge in [0.05, 0.1) is 0 Å². The SMILES string of the molecule is COC(C)C(=O)Nc1ccc2ccccc2c1. The molecule has 2 aromatic rings. The molecule has 2 rings (SSSR count). The Labute approximate surface area is 100 Å². The van der Waals surface area contributed by atoms with Crippen LogP contribution in [0.5, 0.6) is 0 Å². The van der Waals surface area contributed by atoms with Gasteiger partial charge in [0, 0.05) is 12.8 Å². The minimum absolute atomic E-state index is 0.136. The van der Waals surface area contributed by atoms with Crippen molar-refractivity contribution in [1.82, 2.24) is 0 Å². The molecule has 0 radical (unpaired) electrons. The van der Waals surface area contributed by atoms with Gasteiger partial charge in [-0.05, 0) is 29.8 Å². The van der Waals surface area contributed by atoms with Gasteiger partial charge < -0.3 is 10.1 Å². The third kappa shape index (κ3) is 2.63. The molecular weight excluding hydrogens is 214 g/mol. The van der Waals surface area contributed by atoms with E-state index in [9.17, 15) is 4.79 Å². The predicted molar refractivity (Wildman–Crippen MR) is 69.0 cm³/mol. The number of hydrogen-bond donors (Lipinski definition) is 1. The van der Waals surface area contributed by atoms with Crippen molar-refractivity contribution >= 4 is 22.4 Å². The maximum absolute atomic E-state index is 11.6. The van der Waals surface area contributed by atoms with E-state index in [0.717, 1.165) is 16.5 Å². The summed E-state index contributed by atoms with van der Waals surface area (Å²) in [6.45, 7) is 1.72. The summed E-state index contributed by atoms with van der Waals surface area (Å²) < 4.78 is 4.96. The van der Waals surface area contributed by atoms with E-state index >= 15 is 0 Å². The van der Waals surface area contributed by atoms with Gasteiger partial charge in [0.15, 0.2) is 0 Å². The third-order valence-corrected chi connectivity index (χ3v) is 2.74. The highest BCUT2D eigenvalue weighted by molar-refractivity contribution is 5.96. The van der Waals surface area contributed by atoms with Crippen LogP contribution in [0.2, 0.25) is 0 Å². The third-order valence-electron chi connectivity index (χ3n) is 2.74. The predicted octanol–water partition coefficient (Wildman–Crippen LogP) is 2.81. The molecule has 0 aliphatic carbocycles. The lowest BCUT2D eigenvalue weighted by molar-refractivity contribution is -0.124. The number of rotatable bonds is 3. The monoisotopic (exact) mass is 229 g/mol. The normalized spacial score (nSPS) is 12.4. The summed E-state index contributed by atoms with van der Waals surface area (Å²) in [5.41, 5.74) is 0.789. The first-order chi connectivity index (χ1) is 8.20. The Hall–Kier alpha value is -1.87. The second kappa shape index (κ2) is 4.97. The summed E-state index contributed by atoms with van der Waals surface area (Å²) in [5.74, 6) is -0.136. The standard InChI is InChI=1S/C14H15NO2/c1-10(17-2)14(16)15-13-8-7-11-5-3-4-6-12(11)9-13/h3-10H,1-2H3,(H,15,16). The fourth-order valence-corrected chi connectivity index (χ4v) is 1.62. The molecule has 1 N–H and O–H groups in total. The molecule has 0 bridgehead atoms. The molecule has 1 atom stereocenters. The van der Waals surface area contributed by atoms with E-state index < -0.39 is 6.10 Å². The number of amides is 1. The zero-order valence-electron chi connectivity index (χ0n) is 9.94. The molecule has 0 aliphatic heterocycles. The van der Waals surface area contributed by atoms with E-state index in [-0.39, 0.29) is 5.91 Å². The number of hydrogen-bond acceptors (Lipinski definition) is 2. The molecule has 0 saturated heterocycles. The largest absolute Gasteiger partial charge is 0.372 e. The number of anilines is 1. The molecule has 0 fully saturated rings. The zero-order chi connectivity index (χ0) is 12.3. The van der Waals surface area contributed by atoms with Crippen molar-refractivity contribution < 1.29 is 9.53 Å². The second-order valence-corrected chi connectivity index (χ2v) is 3.93. The minimum atomic E-state index is -0.443. The van der Waals surface area contributed by atoms with Crippen molar-refractivity contribution in [2.24, 2.45) is 0 Å². The van der Waals surface area contributed by atoms with Gasteiger partial charge >= 0.3 is 0 Å². The first kappa shape index (κ1) is 11.6. The highest BCUT2D eigenvalue weighted by Crippen LogP contribution is 2.18. The van der Waals surface area contributed by atoms with Crippen LogP contribution in [-0.2, 0) is 9.53 Å². The van der Waals surface area contributed by atoms with Crippen LogP contribution in [0.25, 0.3) is 10.8 Å². The Balaban J connectivity index is 2.22. The molecule has 0 aromatic heterocycles. The number of ether oxygens (including phenoxy) is 1. The van der Waals surface area contributed by atoms with Gasteiger partial charge in [-0.2, -0.15) is 0 Å². The van der Waals surface area contributed by atoms with Crippen molar-refractivity contribution in [3.8, 4) is 0 Å². The average molecular weight is 229 g/mol. The number of benzene rings is 2. The summed E-state index contributed by atoms with van der Waals surface area (Å²) in [6, 6.07) is 13.9. The van der Waals surface area contributed by atoms with E-state index in [1.165, 1.54) is 7.11 Å². The van der Waals surface area contributed by atoms with Gasteiger partial charge in [0.25, 0.3) is 5.91 Å². The van der Waals surface area contributed by atoms with Gasteiger partial charge in [-0.3, -0.25) is 4.79 Å². The van der Waals surface area contributed by atoms with Crippen LogP contribution in [0.1, 0.15) is 6.92 Å². The Morgan fingerprint density at radius 2 is 1.88 bits per heavy atom. The molecule has 2 aromatic carbocycles. The van der Waals surface area contributed by atoms with Crippen LogP contribution in [0.15, 0.2) is 42.5 Å². The van der Waals surface area contributed by atoms with E-state index in [1.807, 2.05) is 42.5 Å². The Morgan fingerprint density at radius 1 is 1.18 bits per heavy atom. The van der Waals surface area contributed by atoms with Crippen molar-refractivity contribution in [3.63, 3.8) is 0 Å². The summed E-state index contributed by atoms with van der Waals surface area (Å²) in [4.78, 5) is 11.6. The molecule has 3 nitrogen and oxygen atoms in total. The molecule has 1 unspecified atom stereocenters. The molecule has 0 heterocycles. The highest BCUT2D eigenvalue weighted by atomic mass is 16.5. The van der Waals surface area contributed by atoms with E-state index in [1.54, 1.807) is 6.92 Å². The lowest BCUT2D eigenvalue weighted by Gasteiger charge is -2.10. The summed E-state index contributed by atoms with van der Waals surface area (Å²) >= 11 is 0. The maximum atomic E-state index is 11.6. The molecule has 0 saturated carbocycles. The molecule has 1 amide bonds. The first-order valence-electron chi connectivity index (χ1n) is 5.53. The first-order valence-corrected chi connectivity index (χ1v) is 5.53. The van der Waals surface area contributed by atoms with Gasteiger partial charge in [0.2, 0.25) is 0 Å². The van der Waals surface area contributed by atoms with Gasteiger partial charge in [-0.25, -0.2) is 0 Å². The van der Waals surface area contributed by atoms with E-state index in [2.05, 4.69) is 5.32 Å². The number of nitrogens with one attached hydrogen (secondary N) is 1. The number of methoxy groups -OCH3 is 1. The van der Waals surface area contributed by atoms with E-state index in [4.69, 9.17) is 4.74 Å². The van der Waals surface area contributed by atoms with Crippen LogP contribution in [-0.4, -0.2) is 19.1 Å². The van der Waals surface area contributed by atoms with Gasteiger partial charge in [-0.1, -0.05) is 30.3 Å². The van der Waals surface area contributed by atoms with Crippen LogP contribution in [0.3, 0.4) is 0 Å². The van der Waals surface area contributed by atoms with Crippen LogP contribution < -0.4 is 5.32 Å². The summed E-state index contributed by atoms with van der Waals surface area (Å²) in [7, 11) is 1.52. The topological polar surface area (TPSA) is 38.3 Å². The Bertz CT molecular complexity index is 536. The molecule has 88 valence electrons. The number of fused-ring (bicyclic) bond motifs is 1. The van der Waals surface area contributed by atoms with Gasteiger partial charge in [0.1, 0.15) is 6.10 Å². The zero-order valence-corrected chi connectivity index (χ0v) is 9.94. The molecule has 3 heteroatoms. The molecule has 0 aliphatic rings. The average Bonchev–Trinajstić information content (AvgIpc) is 2.37. The van der Waals surface area contributed by atoms with Crippen molar-refractivity contribution in [2.75, 3.05) is 12.4 Å². The Kier molecular flexibility index (Phi) is 3.40. The molecule has 17 heavy (non-hydrogen) atoms. The molecular formula is C14H15NO2. The fraction of sp³-hybridized carbons (Fsp3) is 0.214. The van der Waals surface area contributed by atoms with E-state index in [0.29, 0.717) is 0 Å². The number of carbonyl (C=O) groups excluding carboxylic acids is 1.